The molecule has 3 aromatic carbocycles. The maximum Gasteiger partial charge on any atom is 0.101 e. The van der Waals surface area contributed by atoms with Crippen LogP contribution in [0, 0.1) is 11.3 Å². The van der Waals surface area contributed by atoms with Gasteiger partial charge in [-0.25, -0.2) is 0 Å². The average Bonchev–Trinajstić information content (AvgIpc) is 2.53. The van der Waals surface area contributed by atoms with Gasteiger partial charge in [-0.3, -0.25) is 0 Å². The van der Waals surface area contributed by atoms with E-state index in [-0.39, 0.29) is 0 Å². The molecule has 0 aliphatic heterocycles. The molecule has 102 valence electrons. The molecule has 3 heteroatoms. The highest BCUT2D eigenvalue weighted by Gasteiger charge is 2.03. The van der Waals surface area contributed by atoms with Gasteiger partial charge in [0.05, 0.1) is 11.3 Å². The Morgan fingerprint density at radius 3 is 2.57 bits per heavy atom. The van der Waals surface area contributed by atoms with Gasteiger partial charge in [0.1, 0.15) is 6.07 Å². The van der Waals surface area contributed by atoms with E-state index in [2.05, 4.69) is 57.6 Å². The monoisotopic (exact) mass is 336 g/mol. The number of halogens is 1. The van der Waals surface area contributed by atoms with Gasteiger partial charge in [0, 0.05) is 11.0 Å². The van der Waals surface area contributed by atoms with Crippen molar-refractivity contribution < 1.29 is 0 Å². The van der Waals surface area contributed by atoms with Crippen molar-refractivity contribution in [2.45, 2.75) is 6.54 Å². The molecule has 0 radical (unpaired) electrons. The smallest absolute Gasteiger partial charge is 0.101 e. The Morgan fingerprint density at radius 2 is 1.76 bits per heavy atom. The third-order valence-corrected chi connectivity index (χ3v) is 3.89. The lowest BCUT2D eigenvalue weighted by molar-refractivity contribution is 1.15. The molecular weight excluding hydrogens is 324 g/mol. The minimum atomic E-state index is 0.652. The number of rotatable bonds is 3. The molecule has 1 N–H and O–H groups in total. The summed E-state index contributed by atoms with van der Waals surface area (Å²) in [5.74, 6) is 0. The number of anilines is 1. The average molecular weight is 337 g/mol. The zero-order valence-corrected chi connectivity index (χ0v) is 12.9. The van der Waals surface area contributed by atoms with Crippen LogP contribution in [0.2, 0.25) is 0 Å². The summed E-state index contributed by atoms with van der Waals surface area (Å²) in [6.45, 7) is 0.690. The van der Waals surface area contributed by atoms with Crippen LogP contribution in [-0.2, 0) is 6.54 Å². The second-order valence-electron chi connectivity index (χ2n) is 4.84. The van der Waals surface area contributed by atoms with Crippen molar-refractivity contribution in [3.63, 3.8) is 0 Å². The molecule has 2 nitrogen and oxygen atoms in total. The van der Waals surface area contributed by atoms with Gasteiger partial charge in [-0.05, 0) is 40.6 Å². The maximum absolute atomic E-state index is 9.14. The van der Waals surface area contributed by atoms with Gasteiger partial charge in [0.2, 0.25) is 0 Å². The summed E-state index contributed by atoms with van der Waals surface area (Å²) in [6, 6.07) is 22.5. The molecule has 0 heterocycles. The third-order valence-electron chi connectivity index (χ3n) is 3.40. The predicted octanol–water partition coefficient (Wildman–Crippen LogP) is 5.09. The van der Waals surface area contributed by atoms with Crippen LogP contribution >= 0.6 is 15.9 Å². The van der Waals surface area contributed by atoms with Crippen LogP contribution in [0.1, 0.15) is 11.1 Å². The van der Waals surface area contributed by atoms with E-state index in [1.54, 1.807) is 0 Å². The fourth-order valence-electron chi connectivity index (χ4n) is 2.31. The third kappa shape index (κ3) is 3.07. The first-order valence-corrected chi connectivity index (χ1v) is 7.47. The van der Waals surface area contributed by atoms with E-state index in [0.29, 0.717) is 12.1 Å². The number of nitrogens with zero attached hydrogens (tertiary/aromatic N) is 1. The first-order chi connectivity index (χ1) is 10.3. The van der Waals surface area contributed by atoms with Crippen LogP contribution in [0.3, 0.4) is 0 Å². The first kappa shape index (κ1) is 13.7. The SMILES string of the molecule is N#Cc1ccc(Br)cc1NCc1ccc2ccccc2c1. The molecule has 0 unspecified atom stereocenters. The highest BCUT2D eigenvalue weighted by molar-refractivity contribution is 9.10. The first-order valence-electron chi connectivity index (χ1n) is 6.67. The van der Waals surface area contributed by atoms with Gasteiger partial charge in [0.25, 0.3) is 0 Å². The van der Waals surface area contributed by atoms with E-state index in [1.807, 2.05) is 30.3 Å². The molecule has 0 atom stereocenters. The van der Waals surface area contributed by atoms with Crippen LogP contribution < -0.4 is 5.32 Å². The Morgan fingerprint density at radius 1 is 0.952 bits per heavy atom. The minimum absolute atomic E-state index is 0.652. The van der Waals surface area contributed by atoms with E-state index in [9.17, 15) is 0 Å². The zero-order chi connectivity index (χ0) is 14.7. The van der Waals surface area contributed by atoms with Crippen LogP contribution in [0.25, 0.3) is 10.8 Å². The predicted molar refractivity (Wildman–Crippen MR) is 90.1 cm³/mol. The lowest BCUT2D eigenvalue weighted by Gasteiger charge is -2.09. The number of fused-ring (bicyclic) bond motifs is 1. The minimum Gasteiger partial charge on any atom is -0.380 e. The molecule has 0 aromatic heterocycles. The molecule has 0 aliphatic carbocycles. The van der Waals surface area contributed by atoms with E-state index in [1.165, 1.54) is 16.3 Å². The summed E-state index contributed by atoms with van der Waals surface area (Å²) >= 11 is 3.43. The van der Waals surface area contributed by atoms with Crippen molar-refractivity contribution in [1.29, 1.82) is 5.26 Å². The maximum atomic E-state index is 9.14. The topological polar surface area (TPSA) is 35.8 Å². The second-order valence-corrected chi connectivity index (χ2v) is 5.75. The van der Waals surface area contributed by atoms with Gasteiger partial charge in [-0.1, -0.05) is 52.3 Å². The molecule has 0 bridgehead atoms. The Bertz CT molecular complexity index is 834. The summed E-state index contributed by atoms with van der Waals surface area (Å²) in [5.41, 5.74) is 2.69. The molecule has 0 spiro atoms. The second kappa shape index (κ2) is 5.99. The quantitative estimate of drug-likeness (QED) is 0.723. The van der Waals surface area contributed by atoms with Crippen molar-refractivity contribution in [1.82, 2.24) is 0 Å². The summed E-state index contributed by atoms with van der Waals surface area (Å²) < 4.78 is 0.961. The van der Waals surface area contributed by atoms with Gasteiger partial charge >= 0.3 is 0 Å². The lowest BCUT2D eigenvalue weighted by Crippen LogP contribution is -2.01. The number of hydrogen-bond acceptors (Lipinski definition) is 2. The summed E-state index contributed by atoms with van der Waals surface area (Å²) in [7, 11) is 0. The molecule has 0 fully saturated rings. The van der Waals surface area contributed by atoms with Crippen LogP contribution in [0.15, 0.2) is 65.1 Å². The Hall–Kier alpha value is -2.31. The highest BCUT2D eigenvalue weighted by atomic mass is 79.9. The summed E-state index contributed by atoms with van der Waals surface area (Å²) in [6.07, 6.45) is 0. The normalized spacial score (nSPS) is 10.3. The van der Waals surface area contributed by atoms with Crippen LogP contribution in [-0.4, -0.2) is 0 Å². The largest absolute Gasteiger partial charge is 0.380 e. The molecule has 3 rings (SSSR count). The fourth-order valence-corrected chi connectivity index (χ4v) is 2.67. The van der Waals surface area contributed by atoms with Crippen molar-refractivity contribution >= 4 is 32.4 Å². The van der Waals surface area contributed by atoms with Crippen molar-refractivity contribution in [2.24, 2.45) is 0 Å². The van der Waals surface area contributed by atoms with E-state index < -0.39 is 0 Å². The molecule has 0 amide bonds. The molecule has 21 heavy (non-hydrogen) atoms. The van der Waals surface area contributed by atoms with Crippen LogP contribution in [0.4, 0.5) is 5.69 Å². The van der Waals surface area contributed by atoms with Gasteiger partial charge in [-0.2, -0.15) is 5.26 Å². The van der Waals surface area contributed by atoms with Crippen LogP contribution in [0.5, 0.6) is 0 Å². The number of nitrogens with one attached hydrogen (secondary N) is 1. The fraction of sp³-hybridized carbons (Fsp3) is 0.0556. The number of hydrogen-bond donors (Lipinski definition) is 1. The molecule has 0 aliphatic rings. The Kier molecular flexibility index (Phi) is 3.89. The highest BCUT2D eigenvalue weighted by Crippen LogP contribution is 2.22. The zero-order valence-electron chi connectivity index (χ0n) is 11.3. The van der Waals surface area contributed by atoms with Gasteiger partial charge in [-0.15, -0.1) is 0 Å². The van der Waals surface area contributed by atoms with Crippen molar-refractivity contribution in [3.05, 3.63) is 76.3 Å². The number of benzene rings is 3. The Balaban J connectivity index is 1.83. The summed E-state index contributed by atoms with van der Waals surface area (Å²) in [4.78, 5) is 0. The standard InChI is InChI=1S/C18H13BrN2/c19-17-8-7-16(11-20)18(10-17)21-12-13-5-6-14-3-1-2-4-15(14)9-13/h1-10,21H,12H2. The van der Waals surface area contributed by atoms with Crippen molar-refractivity contribution in [2.75, 3.05) is 5.32 Å². The van der Waals surface area contributed by atoms with E-state index in [4.69, 9.17) is 5.26 Å². The van der Waals surface area contributed by atoms with E-state index in [0.717, 1.165) is 10.2 Å². The Labute approximate surface area is 132 Å². The molecule has 3 aromatic rings. The van der Waals surface area contributed by atoms with Gasteiger partial charge in [0.15, 0.2) is 0 Å². The molecule has 0 saturated heterocycles. The van der Waals surface area contributed by atoms with Gasteiger partial charge < -0.3 is 5.32 Å². The molecular formula is C18H13BrN2. The van der Waals surface area contributed by atoms with E-state index >= 15 is 0 Å². The lowest BCUT2D eigenvalue weighted by atomic mass is 10.1. The summed E-state index contributed by atoms with van der Waals surface area (Å²) in [5, 5.41) is 14.9. The van der Waals surface area contributed by atoms with Crippen molar-refractivity contribution in [3.8, 4) is 6.07 Å². The molecule has 0 saturated carbocycles. The number of nitriles is 1.